The topological polar surface area (TPSA) is 92.9 Å². The standard InChI is InChI=1S/C12H22N2O4/c1-12(2,13)7-10(15)14-5-3-9(4-6-14)18-8-11(16)17/h9H,3-8,13H2,1-2H3,(H,16,17). The first-order valence-corrected chi connectivity index (χ1v) is 6.18. The van der Waals surface area contributed by atoms with Gasteiger partial charge in [0.2, 0.25) is 5.91 Å². The molecule has 0 atom stereocenters. The van der Waals surface area contributed by atoms with E-state index in [1.807, 2.05) is 13.8 Å². The molecule has 1 saturated heterocycles. The summed E-state index contributed by atoms with van der Waals surface area (Å²) in [6.07, 6.45) is 1.64. The van der Waals surface area contributed by atoms with Gasteiger partial charge in [0.05, 0.1) is 6.10 Å². The summed E-state index contributed by atoms with van der Waals surface area (Å²) >= 11 is 0. The molecule has 1 aliphatic rings. The second-order valence-electron chi connectivity index (χ2n) is 5.45. The first kappa shape index (κ1) is 14.9. The van der Waals surface area contributed by atoms with Crippen molar-refractivity contribution in [3.05, 3.63) is 0 Å². The number of likely N-dealkylation sites (tertiary alicyclic amines) is 1. The molecule has 6 heteroatoms. The number of ether oxygens (including phenoxy) is 1. The molecule has 0 bridgehead atoms. The van der Waals surface area contributed by atoms with Crippen molar-refractivity contribution in [2.24, 2.45) is 5.73 Å². The van der Waals surface area contributed by atoms with Crippen molar-refractivity contribution >= 4 is 11.9 Å². The van der Waals surface area contributed by atoms with Gasteiger partial charge in [0, 0.05) is 25.0 Å². The molecular weight excluding hydrogens is 236 g/mol. The molecule has 0 aromatic heterocycles. The monoisotopic (exact) mass is 258 g/mol. The third kappa shape index (κ3) is 5.46. The van der Waals surface area contributed by atoms with Crippen molar-refractivity contribution in [1.29, 1.82) is 0 Å². The van der Waals surface area contributed by atoms with Gasteiger partial charge in [-0.15, -0.1) is 0 Å². The minimum atomic E-state index is -0.960. The van der Waals surface area contributed by atoms with Crippen LogP contribution < -0.4 is 5.73 Å². The normalized spacial score (nSPS) is 17.8. The van der Waals surface area contributed by atoms with Gasteiger partial charge in [-0.3, -0.25) is 4.79 Å². The number of nitrogens with two attached hydrogens (primary N) is 1. The third-order valence-corrected chi connectivity index (χ3v) is 2.84. The second kappa shape index (κ2) is 6.15. The zero-order valence-corrected chi connectivity index (χ0v) is 11.0. The lowest BCUT2D eigenvalue weighted by Crippen LogP contribution is -2.45. The van der Waals surface area contributed by atoms with Crippen molar-refractivity contribution in [2.45, 2.75) is 44.8 Å². The van der Waals surface area contributed by atoms with E-state index in [-0.39, 0.29) is 18.6 Å². The number of carbonyl (C=O) groups is 2. The highest BCUT2D eigenvalue weighted by atomic mass is 16.5. The summed E-state index contributed by atoms with van der Waals surface area (Å²) in [5, 5.41) is 8.51. The average Bonchev–Trinajstić information content (AvgIpc) is 2.24. The Labute approximate surface area is 107 Å². The number of rotatable bonds is 5. The Morgan fingerprint density at radius 2 is 1.94 bits per heavy atom. The molecule has 1 aliphatic heterocycles. The van der Waals surface area contributed by atoms with E-state index in [1.165, 1.54) is 0 Å². The quantitative estimate of drug-likeness (QED) is 0.735. The van der Waals surface area contributed by atoms with E-state index in [2.05, 4.69) is 0 Å². The Morgan fingerprint density at radius 3 is 2.39 bits per heavy atom. The minimum absolute atomic E-state index is 0.0548. The fraction of sp³-hybridized carbons (Fsp3) is 0.833. The summed E-state index contributed by atoms with van der Waals surface area (Å²) < 4.78 is 5.21. The van der Waals surface area contributed by atoms with Crippen molar-refractivity contribution in [3.63, 3.8) is 0 Å². The molecule has 0 aromatic rings. The number of amides is 1. The summed E-state index contributed by atoms with van der Waals surface area (Å²) in [6, 6.07) is 0. The predicted molar refractivity (Wildman–Crippen MR) is 66.1 cm³/mol. The van der Waals surface area contributed by atoms with Crippen LogP contribution in [0.3, 0.4) is 0 Å². The van der Waals surface area contributed by atoms with Crippen LogP contribution in [0.15, 0.2) is 0 Å². The number of carboxylic acids is 1. The molecule has 18 heavy (non-hydrogen) atoms. The number of hydrogen-bond donors (Lipinski definition) is 2. The fourth-order valence-corrected chi connectivity index (χ4v) is 1.96. The molecule has 1 fully saturated rings. The van der Waals surface area contributed by atoms with E-state index < -0.39 is 11.5 Å². The smallest absolute Gasteiger partial charge is 0.329 e. The Bertz CT molecular complexity index is 304. The molecular formula is C12H22N2O4. The van der Waals surface area contributed by atoms with Crippen molar-refractivity contribution in [3.8, 4) is 0 Å². The highest BCUT2D eigenvalue weighted by Gasteiger charge is 2.26. The molecule has 0 unspecified atom stereocenters. The first-order valence-electron chi connectivity index (χ1n) is 6.18. The number of hydrogen-bond acceptors (Lipinski definition) is 4. The lowest BCUT2D eigenvalue weighted by Gasteiger charge is -2.33. The van der Waals surface area contributed by atoms with Gasteiger partial charge in [0.25, 0.3) is 0 Å². The van der Waals surface area contributed by atoms with Gasteiger partial charge in [-0.1, -0.05) is 0 Å². The van der Waals surface area contributed by atoms with Gasteiger partial charge in [0.15, 0.2) is 0 Å². The van der Waals surface area contributed by atoms with Gasteiger partial charge >= 0.3 is 5.97 Å². The SMILES string of the molecule is CC(C)(N)CC(=O)N1CCC(OCC(=O)O)CC1. The highest BCUT2D eigenvalue weighted by molar-refractivity contribution is 5.77. The molecule has 1 heterocycles. The van der Waals surface area contributed by atoms with Gasteiger partial charge < -0.3 is 20.5 Å². The molecule has 0 aliphatic carbocycles. The molecule has 104 valence electrons. The van der Waals surface area contributed by atoms with Crippen LogP contribution >= 0.6 is 0 Å². The molecule has 6 nitrogen and oxygen atoms in total. The Balaban J connectivity index is 2.30. The van der Waals surface area contributed by atoms with Crippen LogP contribution in [0.2, 0.25) is 0 Å². The summed E-state index contributed by atoms with van der Waals surface area (Å²) in [4.78, 5) is 24.0. The van der Waals surface area contributed by atoms with Gasteiger partial charge in [-0.05, 0) is 26.7 Å². The Hall–Kier alpha value is -1.14. The first-order chi connectivity index (χ1) is 8.28. The minimum Gasteiger partial charge on any atom is -0.480 e. The number of aliphatic carboxylic acids is 1. The van der Waals surface area contributed by atoms with E-state index in [4.69, 9.17) is 15.6 Å². The van der Waals surface area contributed by atoms with Crippen LogP contribution in [-0.4, -0.2) is 53.2 Å². The van der Waals surface area contributed by atoms with Crippen LogP contribution in [0.5, 0.6) is 0 Å². The zero-order valence-electron chi connectivity index (χ0n) is 11.0. The van der Waals surface area contributed by atoms with Crippen molar-refractivity contribution in [1.82, 2.24) is 4.90 Å². The maximum Gasteiger partial charge on any atom is 0.329 e. The maximum absolute atomic E-state index is 11.9. The second-order valence-corrected chi connectivity index (χ2v) is 5.45. The third-order valence-electron chi connectivity index (χ3n) is 2.84. The van der Waals surface area contributed by atoms with Crippen LogP contribution in [0.1, 0.15) is 33.1 Å². The lowest BCUT2D eigenvalue weighted by atomic mass is 10.00. The van der Waals surface area contributed by atoms with Crippen molar-refractivity contribution < 1.29 is 19.4 Å². The van der Waals surface area contributed by atoms with Crippen LogP contribution in [0.4, 0.5) is 0 Å². The lowest BCUT2D eigenvalue weighted by molar-refractivity contribution is -0.147. The number of piperidine rings is 1. The van der Waals surface area contributed by atoms with Crippen molar-refractivity contribution in [2.75, 3.05) is 19.7 Å². The predicted octanol–water partition coefficient (Wildman–Crippen LogP) is 0.206. The number of carbonyl (C=O) groups excluding carboxylic acids is 1. The van der Waals surface area contributed by atoms with Gasteiger partial charge in [-0.2, -0.15) is 0 Å². The summed E-state index contributed by atoms with van der Waals surface area (Å²) in [7, 11) is 0. The molecule has 0 aromatic carbocycles. The number of carboxylic acid groups (broad SMARTS) is 1. The average molecular weight is 258 g/mol. The Kier molecular flexibility index (Phi) is 5.10. The molecule has 1 amide bonds. The van der Waals surface area contributed by atoms with E-state index in [1.54, 1.807) is 4.90 Å². The zero-order chi connectivity index (χ0) is 13.8. The molecule has 0 radical (unpaired) electrons. The van der Waals surface area contributed by atoms with E-state index >= 15 is 0 Å². The van der Waals surface area contributed by atoms with E-state index in [0.717, 1.165) is 0 Å². The van der Waals surface area contributed by atoms with Gasteiger partial charge in [-0.25, -0.2) is 4.79 Å². The number of nitrogens with zero attached hydrogens (tertiary/aromatic N) is 1. The van der Waals surface area contributed by atoms with E-state index in [9.17, 15) is 9.59 Å². The Morgan fingerprint density at radius 1 is 1.39 bits per heavy atom. The highest BCUT2D eigenvalue weighted by Crippen LogP contribution is 2.16. The molecule has 0 saturated carbocycles. The van der Waals surface area contributed by atoms with Crippen LogP contribution in [0, 0.1) is 0 Å². The summed E-state index contributed by atoms with van der Waals surface area (Å²) in [6.45, 7) is 4.61. The largest absolute Gasteiger partial charge is 0.480 e. The summed E-state index contributed by atoms with van der Waals surface area (Å²) in [5.74, 6) is -0.905. The maximum atomic E-state index is 11.9. The van der Waals surface area contributed by atoms with Crippen LogP contribution in [-0.2, 0) is 14.3 Å². The van der Waals surface area contributed by atoms with Crippen LogP contribution in [0.25, 0.3) is 0 Å². The van der Waals surface area contributed by atoms with Gasteiger partial charge in [0.1, 0.15) is 6.61 Å². The fourth-order valence-electron chi connectivity index (χ4n) is 1.96. The molecule has 0 spiro atoms. The van der Waals surface area contributed by atoms with E-state index in [0.29, 0.717) is 32.4 Å². The molecule has 3 N–H and O–H groups in total. The summed E-state index contributed by atoms with van der Waals surface area (Å²) in [5.41, 5.74) is 5.32. The molecule has 1 rings (SSSR count).